The molecule has 0 aliphatic rings. The third-order valence-corrected chi connectivity index (χ3v) is 3.10. The van der Waals surface area contributed by atoms with Crippen LogP contribution in [0.1, 0.15) is 31.0 Å². The third kappa shape index (κ3) is 1.11. The van der Waals surface area contributed by atoms with Gasteiger partial charge in [-0.25, -0.2) is 0 Å². The molecule has 16 heavy (non-hydrogen) atoms. The fourth-order valence-corrected chi connectivity index (χ4v) is 2.30. The lowest BCUT2D eigenvalue weighted by Crippen LogP contribution is -1.89. The summed E-state index contributed by atoms with van der Waals surface area (Å²) in [6.45, 7) is 6.35. The highest BCUT2D eigenvalue weighted by molar-refractivity contribution is 6.07. The number of aromatic nitrogens is 2. The standard InChI is InChI=1S/C13H14N2O/c1-7(2)10-6-11-12(8(3)15-16-11)9-4-5-14-13(9)10/h4-7,14H,1-3H3. The first kappa shape index (κ1) is 9.46. The molecule has 0 amide bonds. The topological polar surface area (TPSA) is 41.8 Å². The Bertz CT molecular complexity index is 661. The SMILES string of the molecule is Cc1noc2cc(C(C)C)c3[nH]ccc3c12. The summed E-state index contributed by atoms with van der Waals surface area (Å²) in [5.74, 6) is 0.468. The molecule has 82 valence electrons. The van der Waals surface area contributed by atoms with Crippen molar-refractivity contribution >= 4 is 21.9 Å². The molecule has 0 aliphatic heterocycles. The van der Waals surface area contributed by atoms with Crippen molar-refractivity contribution in [3.05, 3.63) is 29.6 Å². The third-order valence-electron chi connectivity index (χ3n) is 3.10. The second kappa shape index (κ2) is 3.11. The Morgan fingerprint density at radius 3 is 2.94 bits per heavy atom. The maximum atomic E-state index is 5.35. The summed E-state index contributed by atoms with van der Waals surface area (Å²) in [5, 5.41) is 6.37. The quantitative estimate of drug-likeness (QED) is 0.670. The number of aromatic amines is 1. The van der Waals surface area contributed by atoms with E-state index in [9.17, 15) is 0 Å². The zero-order chi connectivity index (χ0) is 11.3. The predicted molar refractivity (Wildman–Crippen MR) is 64.7 cm³/mol. The molecule has 2 heterocycles. The summed E-state index contributed by atoms with van der Waals surface area (Å²) in [4.78, 5) is 3.31. The Labute approximate surface area is 93.4 Å². The molecule has 3 aromatic rings. The minimum absolute atomic E-state index is 0.468. The van der Waals surface area contributed by atoms with E-state index in [-0.39, 0.29) is 0 Å². The van der Waals surface area contributed by atoms with Gasteiger partial charge < -0.3 is 9.51 Å². The van der Waals surface area contributed by atoms with Crippen LogP contribution >= 0.6 is 0 Å². The van der Waals surface area contributed by atoms with Crippen LogP contribution in [-0.4, -0.2) is 10.1 Å². The van der Waals surface area contributed by atoms with Crippen LogP contribution in [0, 0.1) is 6.92 Å². The number of nitrogens with one attached hydrogen (secondary N) is 1. The van der Waals surface area contributed by atoms with Gasteiger partial charge in [0.05, 0.1) is 11.1 Å². The molecule has 3 heteroatoms. The van der Waals surface area contributed by atoms with Crippen molar-refractivity contribution in [1.29, 1.82) is 0 Å². The molecule has 0 spiro atoms. The Morgan fingerprint density at radius 2 is 2.19 bits per heavy atom. The van der Waals surface area contributed by atoms with Gasteiger partial charge in [-0.15, -0.1) is 0 Å². The molecular weight excluding hydrogens is 200 g/mol. The molecule has 0 aliphatic carbocycles. The molecule has 0 unspecified atom stereocenters. The monoisotopic (exact) mass is 214 g/mol. The second-order valence-corrected chi connectivity index (χ2v) is 4.53. The molecular formula is C13H14N2O. The minimum Gasteiger partial charge on any atom is -0.361 e. The van der Waals surface area contributed by atoms with E-state index in [1.807, 2.05) is 13.1 Å². The summed E-state index contributed by atoms with van der Waals surface area (Å²) in [6, 6.07) is 4.19. The van der Waals surface area contributed by atoms with Gasteiger partial charge in [-0.2, -0.15) is 0 Å². The first-order valence-electron chi connectivity index (χ1n) is 5.54. The molecule has 0 saturated heterocycles. The highest BCUT2D eigenvalue weighted by Gasteiger charge is 2.14. The lowest BCUT2D eigenvalue weighted by Gasteiger charge is -2.07. The van der Waals surface area contributed by atoms with Crippen LogP contribution < -0.4 is 0 Å². The van der Waals surface area contributed by atoms with Gasteiger partial charge in [0.1, 0.15) is 0 Å². The van der Waals surface area contributed by atoms with Gasteiger partial charge in [0.25, 0.3) is 0 Å². The van der Waals surface area contributed by atoms with Crippen molar-refractivity contribution < 1.29 is 4.52 Å². The average Bonchev–Trinajstić information content (AvgIpc) is 2.82. The molecule has 3 nitrogen and oxygen atoms in total. The summed E-state index contributed by atoms with van der Waals surface area (Å²) in [6.07, 6.45) is 1.97. The smallest absolute Gasteiger partial charge is 0.168 e. The van der Waals surface area contributed by atoms with Gasteiger partial charge in [0.2, 0.25) is 0 Å². The van der Waals surface area contributed by atoms with Crippen molar-refractivity contribution in [1.82, 2.24) is 10.1 Å². The van der Waals surface area contributed by atoms with E-state index in [2.05, 4.69) is 36.1 Å². The van der Waals surface area contributed by atoms with Crippen LogP contribution in [0.5, 0.6) is 0 Å². The van der Waals surface area contributed by atoms with Crippen LogP contribution in [0.3, 0.4) is 0 Å². The van der Waals surface area contributed by atoms with Gasteiger partial charge in [0, 0.05) is 17.1 Å². The van der Waals surface area contributed by atoms with Gasteiger partial charge in [-0.3, -0.25) is 0 Å². The zero-order valence-corrected chi connectivity index (χ0v) is 9.66. The number of aryl methyl sites for hydroxylation is 1. The van der Waals surface area contributed by atoms with Crippen molar-refractivity contribution in [2.45, 2.75) is 26.7 Å². The second-order valence-electron chi connectivity index (χ2n) is 4.53. The fraction of sp³-hybridized carbons (Fsp3) is 0.308. The molecule has 0 bridgehead atoms. The summed E-state index contributed by atoms with van der Waals surface area (Å²) in [5.41, 5.74) is 4.32. The first-order valence-corrected chi connectivity index (χ1v) is 5.54. The number of benzene rings is 1. The Hall–Kier alpha value is -1.77. The minimum atomic E-state index is 0.468. The summed E-state index contributed by atoms with van der Waals surface area (Å²) >= 11 is 0. The number of H-pyrrole nitrogens is 1. The molecule has 2 aromatic heterocycles. The van der Waals surface area contributed by atoms with E-state index in [0.717, 1.165) is 16.7 Å². The van der Waals surface area contributed by atoms with Gasteiger partial charge >= 0.3 is 0 Å². The lowest BCUT2D eigenvalue weighted by molar-refractivity contribution is 0.450. The average molecular weight is 214 g/mol. The van der Waals surface area contributed by atoms with Crippen molar-refractivity contribution in [2.24, 2.45) is 0 Å². The van der Waals surface area contributed by atoms with E-state index in [4.69, 9.17) is 4.52 Å². The van der Waals surface area contributed by atoms with Crippen molar-refractivity contribution in [2.75, 3.05) is 0 Å². The largest absolute Gasteiger partial charge is 0.361 e. The van der Waals surface area contributed by atoms with Crippen molar-refractivity contribution in [3.8, 4) is 0 Å². The summed E-state index contributed by atoms with van der Waals surface area (Å²) in [7, 11) is 0. The first-order chi connectivity index (χ1) is 7.68. The number of fused-ring (bicyclic) bond motifs is 3. The Balaban J connectivity index is 2.55. The van der Waals surface area contributed by atoms with Crippen LogP contribution in [-0.2, 0) is 0 Å². The molecule has 0 saturated carbocycles. The highest BCUT2D eigenvalue weighted by atomic mass is 16.5. The van der Waals surface area contributed by atoms with Gasteiger partial charge in [-0.05, 0) is 30.5 Å². The number of nitrogens with zero attached hydrogens (tertiary/aromatic N) is 1. The summed E-state index contributed by atoms with van der Waals surface area (Å²) < 4.78 is 5.35. The normalized spacial score (nSPS) is 12.0. The number of hydrogen-bond donors (Lipinski definition) is 1. The highest BCUT2D eigenvalue weighted by Crippen LogP contribution is 2.33. The van der Waals surface area contributed by atoms with Crippen LogP contribution in [0.25, 0.3) is 21.9 Å². The van der Waals surface area contributed by atoms with E-state index >= 15 is 0 Å². The van der Waals surface area contributed by atoms with Crippen LogP contribution in [0.2, 0.25) is 0 Å². The maximum absolute atomic E-state index is 5.35. The molecule has 0 atom stereocenters. The molecule has 0 radical (unpaired) electrons. The molecule has 3 rings (SSSR count). The lowest BCUT2D eigenvalue weighted by atomic mass is 9.98. The number of hydrogen-bond acceptors (Lipinski definition) is 2. The molecule has 1 N–H and O–H groups in total. The van der Waals surface area contributed by atoms with E-state index < -0.39 is 0 Å². The van der Waals surface area contributed by atoms with E-state index in [1.54, 1.807) is 0 Å². The maximum Gasteiger partial charge on any atom is 0.168 e. The Kier molecular flexibility index (Phi) is 1.84. The van der Waals surface area contributed by atoms with Crippen LogP contribution in [0.15, 0.2) is 22.9 Å². The Morgan fingerprint density at radius 1 is 1.38 bits per heavy atom. The zero-order valence-electron chi connectivity index (χ0n) is 9.66. The molecule has 1 aromatic carbocycles. The molecule has 0 fully saturated rings. The van der Waals surface area contributed by atoms with E-state index in [0.29, 0.717) is 5.92 Å². The fourth-order valence-electron chi connectivity index (χ4n) is 2.30. The number of rotatable bonds is 1. The van der Waals surface area contributed by atoms with Crippen LogP contribution in [0.4, 0.5) is 0 Å². The van der Waals surface area contributed by atoms with E-state index in [1.165, 1.54) is 16.5 Å². The van der Waals surface area contributed by atoms with Gasteiger partial charge in [0.15, 0.2) is 5.58 Å². The predicted octanol–water partition coefficient (Wildman–Crippen LogP) is 3.74. The van der Waals surface area contributed by atoms with Gasteiger partial charge in [-0.1, -0.05) is 19.0 Å². The van der Waals surface area contributed by atoms with Crippen molar-refractivity contribution in [3.63, 3.8) is 0 Å².